The Labute approximate surface area is 199 Å². The third-order valence-electron chi connectivity index (χ3n) is 6.48. The van der Waals surface area contributed by atoms with E-state index in [1.54, 1.807) is 12.1 Å². The fraction of sp³-hybridized carbons (Fsp3) is 0.222. The van der Waals surface area contributed by atoms with Gasteiger partial charge in [-0.25, -0.2) is 19.3 Å². The molecule has 3 aromatic carbocycles. The van der Waals surface area contributed by atoms with E-state index >= 15 is 4.39 Å². The molecule has 5 rings (SSSR count). The van der Waals surface area contributed by atoms with Crippen LogP contribution in [0.15, 0.2) is 78.9 Å². The van der Waals surface area contributed by atoms with Gasteiger partial charge in [-0.3, -0.25) is 0 Å². The van der Waals surface area contributed by atoms with Gasteiger partial charge in [0.25, 0.3) is 0 Å². The van der Waals surface area contributed by atoms with Gasteiger partial charge in [0.2, 0.25) is 0 Å². The minimum absolute atomic E-state index is 0.232. The maximum absolute atomic E-state index is 15.4. The lowest BCUT2D eigenvalue weighted by Crippen LogP contribution is -2.41. The van der Waals surface area contributed by atoms with E-state index < -0.39 is 24.1 Å². The summed E-state index contributed by atoms with van der Waals surface area (Å²) in [7, 11) is -0.757. The van der Waals surface area contributed by atoms with Gasteiger partial charge in [-0.2, -0.15) is 0 Å². The minimum Gasteiger partial charge on any atom is -0.399 e. The third-order valence-corrected chi connectivity index (χ3v) is 6.48. The highest BCUT2D eigenvalue weighted by molar-refractivity contribution is 6.63. The van der Waals surface area contributed by atoms with Crippen molar-refractivity contribution in [3.8, 4) is 34.2 Å². The van der Waals surface area contributed by atoms with Crippen molar-refractivity contribution in [2.24, 2.45) is 0 Å². The second-order valence-corrected chi connectivity index (χ2v) is 9.33. The number of nitrogens with zero attached hydrogens (tertiary/aromatic N) is 3. The van der Waals surface area contributed by atoms with Crippen LogP contribution in [-0.2, 0) is 9.31 Å². The van der Waals surface area contributed by atoms with Crippen LogP contribution in [0.2, 0.25) is 0 Å². The Morgan fingerprint density at radius 3 is 1.59 bits per heavy atom. The summed E-state index contributed by atoms with van der Waals surface area (Å²) in [6, 6.07) is 24.1. The van der Waals surface area contributed by atoms with Gasteiger partial charge in [0, 0.05) is 11.1 Å². The number of aromatic nitrogens is 3. The molecule has 1 fully saturated rings. The van der Waals surface area contributed by atoms with Crippen molar-refractivity contribution in [2.75, 3.05) is 0 Å². The second-order valence-electron chi connectivity index (χ2n) is 9.33. The average Bonchev–Trinajstić information content (AvgIpc) is 3.06. The molecule has 1 aromatic heterocycles. The zero-order chi connectivity index (χ0) is 23.9. The number of hydrogen-bond donors (Lipinski definition) is 0. The summed E-state index contributed by atoms with van der Waals surface area (Å²) in [6.45, 7) is 7.87. The molecule has 34 heavy (non-hydrogen) atoms. The molecule has 0 bridgehead atoms. The summed E-state index contributed by atoms with van der Waals surface area (Å²) in [5.74, 6) is 0.715. The first-order valence-corrected chi connectivity index (χ1v) is 11.3. The predicted molar refractivity (Wildman–Crippen MR) is 132 cm³/mol. The zero-order valence-electron chi connectivity index (χ0n) is 19.6. The van der Waals surface area contributed by atoms with Gasteiger partial charge in [-0.05, 0) is 39.2 Å². The van der Waals surface area contributed by atoms with E-state index in [1.165, 1.54) is 6.07 Å². The van der Waals surface area contributed by atoms with Crippen molar-refractivity contribution in [2.45, 2.75) is 38.9 Å². The fourth-order valence-corrected chi connectivity index (χ4v) is 3.86. The molecular formula is C27H25BFN3O2. The first-order valence-electron chi connectivity index (χ1n) is 11.3. The van der Waals surface area contributed by atoms with Crippen LogP contribution in [0.3, 0.4) is 0 Å². The van der Waals surface area contributed by atoms with Crippen LogP contribution >= 0.6 is 0 Å². The fourth-order valence-electron chi connectivity index (χ4n) is 3.86. The van der Waals surface area contributed by atoms with E-state index in [0.29, 0.717) is 17.1 Å². The molecule has 0 N–H and O–H groups in total. The predicted octanol–water partition coefficient (Wildman–Crippen LogP) is 5.31. The Morgan fingerprint density at radius 1 is 0.618 bits per heavy atom. The molecular weight excluding hydrogens is 428 g/mol. The summed E-state index contributed by atoms with van der Waals surface area (Å²) in [6.07, 6.45) is 0. The molecule has 0 radical (unpaired) electrons. The van der Waals surface area contributed by atoms with Crippen molar-refractivity contribution < 1.29 is 13.7 Å². The molecule has 4 aromatic rings. The van der Waals surface area contributed by atoms with Crippen LogP contribution in [-0.4, -0.2) is 33.3 Å². The molecule has 7 heteroatoms. The lowest BCUT2D eigenvalue weighted by molar-refractivity contribution is 0.00578. The molecule has 0 unspecified atom stereocenters. The van der Waals surface area contributed by atoms with Gasteiger partial charge in [0.15, 0.2) is 17.5 Å². The Bertz CT molecular complexity index is 1260. The molecule has 5 nitrogen and oxygen atoms in total. The maximum atomic E-state index is 15.4. The Kier molecular flexibility index (Phi) is 5.54. The van der Waals surface area contributed by atoms with Crippen molar-refractivity contribution >= 4 is 12.6 Å². The van der Waals surface area contributed by atoms with Crippen LogP contribution in [0.25, 0.3) is 34.2 Å². The van der Waals surface area contributed by atoms with E-state index in [2.05, 4.69) is 0 Å². The normalized spacial score (nSPS) is 16.6. The van der Waals surface area contributed by atoms with Crippen LogP contribution in [0.4, 0.5) is 4.39 Å². The van der Waals surface area contributed by atoms with Gasteiger partial charge in [0.05, 0.1) is 16.8 Å². The Morgan fingerprint density at radius 2 is 1.09 bits per heavy atom. The highest BCUT2D eigenvalue weighted by Gasteiger charge is 2.52. The summed E-state index contributed by atoms with van der Waals surface area (Å²) in [4.78, 5) is 14.1. The van der Waals surface area contributed by atoms with Crippen LogP contribution in [0, 0.1) is 5.82 Å². The highest BCUT2D eigenvalue weighted by atomic mass is 19.1. The topological polar surface area (TPSA) is 57.1 Å². The number of halogens is 1. The molecule has 0 spiro atoms. The van der Waals surface area contributed by atoms with Gasteiger partial charge >= 0.3 is 7.12 Å². The van der Waals surface area contributed by atoms with E-state index in [1.807, 2.05) is 88.4 Å². The van der Waals surface area contributed by atoms with E-state index in [-0.39, 0.29) is 11.4 Å². The average molecular weight is 453 g/mol. The molecule has 0 aliphatic carbocycles. The lowest BCUT2D eigenvalue weighted by Gasteiger charge is -2.32. The van der Waals surface area contributed by atoms with Gasteiger partial charge in [-0.15, -0.1) is 0 Å². The molecule has 170 valence electrons. The summed E-state index contributed by atoms with van der Waals surface area (Å²) < 4.78 is 27.9. The number of rotatable bonds is 4. The van der Waals surface area contributed by atoms with Crippen LogP contribution in [0.5, 0.6) is 0 Å². The first kappa shape index (κ1) is 22.4. The molecule has 1 aliphatic rings. The van der Waals surface area contributed by atoms with Gasteiger partial charge in [0.1, 0.15) is 5.82 Å². The SMILES string of the molecule is CC1(C)OB(c2cccc(F)c2-c2nc(-c3ccccc3)nc(-c3ccccc3)n2)OC1(C)C. The Hall–Kier alpha value is -3.42. The molecule has 0 amide bonds. The highest BCUT2D eigenvalue weighted by Crippen LogP contribution is 2.37. The van der Waals surface area contributed by atoms with Gasteiger partial charge < -0.3 is 9.31 Å². The van der Waals surface area contributed by atoms with Crippen molar-refractivity contribution in [1.29, 1.82) is 0 Å². The number of benzene rings is 3. The molecule has 1 saturated heterocycles. The largest absolute Gasteiger partial charge is 0.495 e. The van der Waals surface area contributed by atoms with Crippen molar-refractivity contribution in [3.05, 3.63) is 84.7 Å². The summed E-state index contributed by atoms with van der Waals surface area (Å²) in [5, 5.41) is 0. The molecule has 2 heterocycles. The standard InChI is InChI=1S/C27H25BFN3O2/c1-26(2)27(3,4)34-28(33-26)20-16-11-17-21(29)22(20)25-31-23(18-12-7-5-8-13-18)30-24(32-25)19-14-9-6-10-15-19/h5-17H,1-4H3. The smallest absolute Gasteiger partial charge is 0.399 e. The molecule has 0 atom stereocenters. The van der Waals surface area contributed by atoms with E-state index in [4.69, 9.17) is 24.3 Å². The van der Waals surface area contributed by atoms with Crippen LogP contribution in [0.1, 0.15) is 27.7 Å². The van der Waals surface area contributed by atoms with E-state index in [9.17, 15) is 0 Å². The molecule has 0 saturated carbocycles. The first-order chi connectivity index (χ1) is 16.2. The molecule has 1 aliphatic heterocycles. The van der Waals surface area contributed by atoms with Gasteiger partial charge in [-0.1, -0.05) is 72.8 Å². The Balaban J connectivity index is 1.70. The summed E-state index contributed by atoms with van der Waals surface area (Å²) >= 11 is 0. The van der Waals surface area contributed by atoms with Crippen LogP contribution < -0.4 is 5.46 Å². The van der Waals surface area contributed by atoms with E-state index in [0.717, 1.165) is 11.1 Å². The third kappa shape index (κ3) is 4.02. The van der Waals surface area contributed by atoms with Crippen molar-refractivity contribution in [3.63, 3.8) is 0 Å². The quantitative estimate of drug-likeness (QED) is 0.392. The monoisotopic (exact) mass is 453 g/mol. The minimum atomic E-state index is -0.757. The second kappa shape index (κ2) is 8.42. The zero-order valence-corrected chi connectivity index (χ0v) is 19.6. The summed E-state index contributed by atoms with van der Waals surface area (Å²) in [5.41, 5.74) is 1.30. The lowest BCUT2D eigenvalue weighted by atomic mass is 9.75. The number of hydrogen-bond acceptors (Lipinski definition) is 5. The maximum Gasteiger partial charge on any atom is 0.495 e. The van der Waals surface area contributed by atoms with Crippen molar-refractivity contribution in [1.82, 2.24) is 15.0 Å².